The summed E-state index contributed by atoms with van der Waals surface area (Å²) in [5.74, 6) is 0.341. The highest BCUT2D eigenvalue weighted by molar-refractivity contribution is 8.00. The van der Waals surface area contributed by atoms with Crippen LogP contribution >= 0.6 is 11.8 Å². The Labute approximate surface area is 191 Å². The van der Waals surface area contributed by atoms with E-state index in [0.717, 1.165) is 27.8 Å². The molecule has 0 spiro atoms. The summed E-state index contributed by atoms with van der Waals surface area (Å²) in [6.45, 7) is 0.494. The van der Waals surface area contributed by atoms with E-state index in [-0.39, 0.29) is 0 Å². The maximum atomic E-state index is 13.0. The molecule has 0 aliphatic heterocycles. The first kappa shape index (κ1) is 23.5. The zero-order valence-electron chi connectivity index (χ0n) is 17.7. The van der Waals surface area contributed by atoms with Crippen LogP contribution in [0.25, 0.3) is 0 Å². The third-order valence-electron chi connectivity index (χ3n) is 4.76. The molecule has 0 amide bonds. The van der Waals surface area contributed by atoms with E-state index in [1.807, 2.05) is 54.6 Å². The maximum Gasteiger partial charge on any atom is 0.337 e. The number of hydrogen-bond acceptors (Lipinski definition) is 4. The molecular formula is C26H24F2O3S. The van der Waals surface area contributed by atoms with Crippen molar-refractivity contribution in [1.82, 2.24) is 0 Å². The summed E-state index contributed by atoms with van der Waals surface area (Å²) in [6.07, 6.45) is 0.486. The number of esters is 1. The lowest BCUT2D eigenvalue weighted by molar-refractivity contribution is 0.0600. The van der Waals surface area contributed by atoms with Crippen molar-refractivity contribution in [2.75, 3.05) is 7.11 Å². The van der Waals surface area contributed by atoms with E-state index >= 15 is 0 Å². The third-order valence-corrected chi connectivity index (χ3v) is 5.98. The number of ether oxygens (including phenoxy) is 2. The van der Waals surface area contributed by atoms with E-state index < -0.39 is 17.3 Å². The summed E-state index contributed by atoms with van der Waals surface area (Å²) in [5.41, 5.74) is 2.57. The number of benzene rings is 3. The summed E-state index contributed by atoms with van der Waals surface area (Å²) in [6, 6.07) is 24.4. The predicted octanol–water partition coefficient (Wildman–Crippen LogP) is 6.93. The zero-order chi connectivity index (χ0) is 22.8. The van der Waals surface area contributed by atoms with Gasteiger partial charge in [-0.15, -0.1) is 11.8 Å². The van der Waals surface area contributed by atoms with Gasteiger partial charge in [-0.3, -0.25) is 0 Å². The Morgan fingerprint density at radius 1 is 0.938 bits per heavy atom. The fourth-order valence-corrected chi connectivity index (χ4v) is 4.13. The van der Waals surface area contributed by atoms with Crippen LogP contribution in [0.1, 0.15) is 27.9 Å². The fourth-order valence-electron chi connectivity index (χ4n) is 3.08. The third kappa shape index (κ3) is 7.54. The van der Waals surface area contributed by atoms with Gasteiger partial charge in [0, 0.05) is 10.1 Å². The smallest absolute Gasteiger partial charge is 0.337 e. The Bertz CT molecular complexity index is 1020. The standard InChI is InChI=1S/C26H24F2O3S/c1-30-26(29)21-10-15-23(16-11-21)32-24(17-25(27)28)14-9-19-7-12-22(13-8-19)31-18-20-5-3-2-4-6-20/h2-8,10-13,15-17,24H,9,14,18H2,1H3/t24-/m1/s1. The Morgan fingerprint density at radius 2 is 1.62 bits per heavy atom. The molecule has 0 heterocycles. The second-order valence-corrected chi connectivity index (χ2v) is 8.40. The monoisotopic (exact) mass is 454 g/mol. The maximum absolute atomic E-state index is 13.0. The molecule has 0 N–H and O–H groups in total. The number of methoxy groups -OCH3 is 1. The number of rotatable bonds is 10. The highest BCUT2D eigenvalue weighted by atomic mass is 32.2. The molecule has 0 aliphatic rings. The number of thioether (sulfide) groups is 1. The van der Waals surface area contributed by atoms with Gasteiger partial charge in [0.1, 0.15) is 12.4 Å². The molecule has 3 nitrogen and oxygen atoms in total. The molecule has 0 fully saturated rings. The Morgan fingerprint density at radius 3 is 2.25 bits per heavy atom. The zero-order valence-corrected chi connectivity index (χ0v) is 18.5. The molecular weight excluding hydrogens is 430 g/mol. The van der Waals surface area contributed by atoms with Gasteiger partial charge in [-0.25, -0.2) is 4.79 Å². The van der Waals surface area contributed by atoms with Crippen molar-refractivity contribution < 1.29 is 23.0 Å². The van der Waals surface area contributed by atoms with Gasteiger partial charge < -0.3 is 9.47 Å². The molecule has 0 radical (unpaired) electrons. The first-order valence-electron chi connectivity index (χ1n) is 10.2. The Balaban J connectivity index is 1.55. The molecule has 1 atom stereocenters. The van der Waals surface area contributed by atoms with Crippen molar-refractivity contribution in [1.29, 1.82) is 0 Å². The lowest BCUT2D eigenvalue weighted by Crippen LogP contribution is -2.03. The van der Waals surface area contributed by atoms with E-state index in [1.165, 1.54) is 18.9 Å². The number of carbonyl (C=O) groups excluding carboxylic acids is 1. The first-order valence-corrected chi connectivity index (χ1v) is 11.0. The van der Waals surface area contributed by atoms with Crippen LogP contribution in [0.5, 0.6) is 5.75 Å². The van der Waals surface area contributed by atoms with Gasteiger partial charge in [0.25, 0.3) is 6.08 Å². The lowest BCUT2D eigenvalue weighted by Gasteiger charge is -2.13. The summed E-state index contributed by atoms with van der Waals surface area (Å²) >= 11 is 1.34. The van der Waals surface area contributed by atoms with Crippen molar-refractivity contribution in [2.45, 2.75) is 29.6 Å². The second-order valence-electron chi connectivity index (χ2n) is 7.09. The van der Waals surface area contributed by atoms with Gasteiger partial charge in [-0.1, -0.05) is 42.5 Å². The topological polar surface area (TPSA) is 35.5 Å². The van der Waals surface area contributed by atoms with Gasteiger partial charge in [0.15, 0.2) is 0 Å². The molecule has 0 aliphatic carbocycles. The lowest BCUT2D eigenvalue weighted by atomic mass is 10.1. The first-order chi connectivity index (χ1) is 15.5. The number of halogens is 2. The van der Waals surface area contributed by atoms with Crippen LogP contribution < -0.4 is 4.74 Å². The van der Waals surface area contributed by atoms with Crippen molar-refractivity contribution >= 4 is 17.7 Å². The molecule has 0 aromatic heterocycles. The van der Waals surface area contributed by atoms with E-state index in [0.29, 0.717) is 25.0 Å². The van der Waals surface area contributed by atoms with E-state index in [9.17, 15) is 13.6 Å². The molecule has 0 saturated heterocycles. The van der Waals surface area contributed by atoms with Crippen molar-refractivity contribution in [3.8, 4) is 5.75 Å². The molecule has 0 bridgehead atoms. The van der Waals surface area contributed by atoms with Crippen LogP contribution in [-0.4, -0.2) is 18.3 Å². The summed E-state index contributed by atoms with van der Waals surface area (Å²) in [5, 5.41) is -0.391. The molecule has 3 aromatic rings. The van der Waals surface area contributed by atoms with Crippen LogP contribution in [0.3, 0.4) is 0 Å². The molecule has 3 rings (SSSR count). The second kappa shape index (κ2) is 12.1. The van der Waals surface area contributed by atoms with E-state index in [2.05, 4.69) is 4.74 Å². The van der Waals surface area contributed by atoms with Crippen molar-refractivity contribution in [2.24, 2.45) is 0 Å². The molecule has 32 heavy (non-hydrogen) atoms. The van der Waals surface area contributed by atoms with Gasteiger partial charge in [0.05, 0.1) is 12.7 Å². The molecule has 3 aromatic carbocycles. The predicted molar refractivity (Wildman–Crippen MR) is 123 cm³/mol. The summed E-state index contributed by atoms with van der Waals surface area (Å²) in [7, 11) is 1.32. The van der Waals surface area contributed by atoms with Crippen LogP contribution in [0.2, 0.25) is 0 Å². The normalized spacial score (nSPS) is 11.5. The Kier molecular flexibility index (Phi) is 8.87. The highest BCUT2D eigenvalue weighted by Gasteiger charge is 2.12. The van der Waals surface area contributed by atoms with Gasteiger partial charge in [-0.2, -0.15) is 8.78 Å². The van der Waals surface area contributed by atoms with Gasteiger partial charge >= 0.3 is 5.97 Å². The minimum absolute atomic E-state index is 0.391. The Hall–Kier alpha value is -3.12. The minimum atomic E-state index is -1.70. The number of carbonyl (C=O) groups is 1. The number of aryl methyl sites for hydroxylation is 1. The minimum Gasteiger partial charge on any atom is -0.489 e. The summed E-state index contributed by atoms with van der Waals surface area (Å²) in [4.78, 5) is 12.4. The molecule has 0 saturated carbocycles. The average Bonchev–Trinajstić information content (AvgIpc) is 2.82. The molecule has 6 heteroatoms. The van der Waals surface area contributed by atoms with E-state index in [1.54, 1.807) is 24.3 Å². The van der Waals surface area contributed by atoms with E-state index in [4.69, 9.17) is 4.74 Å². The van der Waals surface area contributed by atoms with Crippen LogP contribution in [0.4, 0.5) is 8.78 Å². The van der Waals surface area contributed by atoms with Crippen LogP contribution in [0, 0.1) is 0 Å². The quantitative estimate of drug-likeness (QED) is 0.246. The fraction of sp³-hybridized carbons (Fsp3) is 0.192. The van der Waals surface area contributed by atoms with Crippen LogP contribution in [-0.2, 0) is 17.8 Å². The highest BCUT2D eigenvalue weighted by Crippen LogP contribution is 2.29. The van der Waals surface area contributed by atoms with Gasteiger partial charge in [0.2, 0.25) is 0 Å². The number of hydrogen-bond donors (Lipinski definition) is 0. The molecule has 0 unspecified atom stereocenters. The van der Waals surface area contributed by atoms with Crippen LogP contribution in [0.15, 0.2) is 95.9 Å². The summed E-state index contributed by atoms with van der Waals surface area (Å²) < 4.78 is 36.4. The van der Waals surface area contributed by atoms with Crippen molar-refractivity contribution in [3.63, 3.8) is 0 Å². The SMILES string of the molecule is COC(=O)c1ccc(S[C@@H](C=C(F)F)CCc2ccc(OCc3ccccc3)cc2)cc1. The molecule has 166 valence electrons. The largest absolute Gasteiger partial charge is 0.489 e. The van der Waals surface area contributed by atoms with Crippen molar-refractivity contribution in [3.05, 3.63) is 108 Å². The van der Waals surface area contributed by atoms with Gasteiger partial charge in [-0.05, 0) is 66.4 Å². The average molecular weight is 455 g/mol.